The SMILES string of the molecule is Cn1c(=O)n(C2CCC(O)NC2=O)c2ccc(N3CCC(O)(CC(=O)N4CC(Oc5ccc6cc(O)c(N7CC(=O)NS7(=O)=O)c(F)c6c5)C4)CC3)cc21. The number of aromatic nitrogens is 2. The molecule has 3 aromatic carbocycles. The molecule has 0 bridgehead atoms. The summed E-state index contributed by atoms with van der Waals surface area (Å²) < 4.78 is 51.4. The molecule has 19 heteroatoms. The molecule has 17 nitrogen and oxygen atoms in total. The Morgan fingerprint density at radius 1 is 1.04 bits per heavy atom. The lowest BCUT2D eigenvalue weighted by atomic mass is 9.87. The number of amides is 3. The number of aromatic hydroxyl groups is 1. The van der Waals surface area contributed by atoms with Gasteiger partial charge < -0.3 is 35.2 Å². The lowest BCUT2D eigenvalue weighted by Gasteiger charge is -2.43. The molecule has 4 saturated heterocycles. The maximum Gasteiger partial charge on any atom is 0.329 e. The molecule has 0 spiro atoms. The van der Waals surface area contributed by atoms with Gasteiger partial charge in [0.05, 0.1) is 36.1 Å². The molecule has 3 amide bonds. The number of fused-ring (bicyclic) bond motifs is 2. The first-order chi connectivity index (χ1) is 25.6. The second kappa shape index (κ2) is 12.9. The van der Waals surface area contributed by atoms with Crippen LogP contribution in [0.25, 0.3) is 21.8 Å². The number of ether oxygens (including phenoxy) is 1. The van der Waals surface area contributed by atoms with Gasteiger partial charge in [0.2, 0.25) is 11.8 Å². The molecule has 5 heterocycles. The number of phenols is 1. The number of nitrogens with zero attached hydrogens (tertiary/aromatic N) is 5. The monoisotopic (exact) mass is 767 g/mol. The average Bonchev–Trinajstić information content (AvgIpc) is 3.51. The number of nitrogens with one attached hydrogen (secondary N) is 2. The molecule has 2 unspecified atom stereocenters. The molecule has 286 valence electrons. The average molecular weight is 768 g/mol. The highest BCUT2D eigenvalue weighted by molar-refractivity contribution is 7.92. The Hall–Kier alpha value is -5.40. The van der Waals surface area contributed by atoms with E-state index in [4.69, 9.17) is 4.74 Å². The van der Waals surface area contributed by atoms with Crippen LogP contribution in [0.15, 0.2) is 47.3 Å². The molecule has 1 aromatic heterocycles. The number of likely N-dealkylation sites (tertiary alicyclic amines) is 1. The van der Waals surface area contributed by atoms with E-state index in [2.05, 4.69) is 10.2 Å². The van der Waals surface area contributed by atoms with E-state index in [-0.39, 0.29) is 47.6 Å². The smallest absolute Gasteiger partial charge is 0.329 e. The second-order valence-corrected chi connectivity index (χ2v) is 16.0. The number of aliphatic hydroxyl groups is 2. The van der Waals surface area contributed by atoms with Gasteiger partial charge in [-0.25, -0.2) is 18.2 Å². The molecular weight excluding hydrogens is 729 g/mol. The number of anilines is 2. The van der Waals surface area contributed by atoms with E-state index in [1.54, 1.807) is 28.8 Å². The van der Waals surface area contributed by atoms with Gasteiger partial charge in [0.15, 0.2) is 5.82 Å². The second-order valence-electron chi connectivity index (χ2n) is 14.4. The molecule has 54 heavy (non-hydrogen) atoms. The van der Waals surface area contributed by atoms with Crippen LogP contribution < -0.4 is 29.7 Å². The van der Waals surface area contributed by atoms with Crippen LogP contribution in [-0.4, -0.2) is 106 Å². The van der Waals surface area contributed by atoms with Crippen molar-refractivity contribution in [2.75, 3.05) is 41.9 Å². The summed E-state index contributed by atoms with van der Waals surface area (Å²) in [5, 5.41) is 34.3. The fourth-order valence-corrected chi connectivity index (χ4v) is 8.96. The van der Waals surface area contributed by atoms with Crippen LogP contribution in [0.4, 0.5) is 15.8 Å². The van der Waals surface area contributed by atoms with Crippen molar-refractivity contribution in [3.8, 4) is 11.5 Å². The van der Waals surface area contributed by atoms with E-state index in [1.807, 2.05) is 12.1 Å². The van der Waals surface area contributed by atoms with Crippen molar-refractivity contribution in [2.45, 2.75) is 56.1 Å². The number of carbonyl (C=O) groups excluding carboxylic acids is 3. The van der Waals surface area contributed by atoms with Crippen molar-refractivity contribution < 1.29 is 47.2 Å². The molecule has 8 rings (SSSR count). The van der Waals surface area contributed by atoms with Crippen LogP contribution >= 0.6 is 0 Å². The van der Waals surface area contributed by atoms with Crippen LogP contribution in [0.5, 0.6) is 11.5 Å². The molecule has 4 aromatic rings. The minimum Gasteiger partial charge on any atom is -0.506 e. The largest absolute Gasteiger partial charge is 0.506 e. The van der Waals surface area contributed by atoms with Crippen LogP contribution in [0.3, 0.4) is 0 Å². The summed E-state index contributed by atoms with van der Waals surface area (Å²) in [6, 6.07) is 10.4. The fourth-order valence-electron chi connectivity index (χ4n) is 7.80. The van der Waals surface area contributed by atoms with Gasteiger partial charge in [-0.3, -0.25) is 23.5 Å². The summed E-state index contributed by atoms with van der Waals surface area (Å²) in [7, 11) is -2.73. The topological polar surface area (TPSA) is 216 Å². The maximum atomic E-state index is 15.6. The maximum absolute atomic E-state index is 15.6. The highest BCUT2D eigenvalue weighted by atomic mass is 32.2. The zero-order valence-corrected chi connectivity index (χ0v) is 29.9. The van der Waals surface area contributed by atoms with Crippen molar-refractivity contribution in [2.24, 2.45) is 7.05 Å². The van der Waals surface area contributed by atoms with Gasteiger partial charge in [-0.15, -0.1) is 0 Å². The molecule has 0 saturated carbocycles. The number of hydrogen-bond donors (Lipinski definition) is 5. The number of imidazole rings is 1. The predicted octanol–water partition coefficient (Wildman–Crippen LogP) is 0.300. The van der Waals surface area contributed by atoms with Gasteiger partial charge in [-0.1, -0.05) is 6.07 Å². The van der Waals surface area contributed by atoms with E-state index in [9.17, 15) is 42.9 Å². The number of benzene rings is 3. The molecule has 0 aliphatic carbocycles. The summed E-state index contributed by atoms with van der Waals surface area (Å²) >= 11 is 0. The van der Waals surface area contributed by atoms with Crippen molar-refractivity contribution in [1.29, 1.82) is 0 Å². The Morgan fingerprint density at radius 3 is 2.46 bits per heavy atom. The summed E-state index contributed by atoms with van der Waals surface area (Å²) in [5.74, 6) is -2.93. The highest BCUT2D eigenvalue weighted by Gasteiger charge is 2.41. The zero-order chi connectivity index (χ0) is 38.3. The van der Waals surface area contributed by atoms with Crippen molar-refractivity contribution >= 4 is 61.1 Å². The predicted molar refractivity (Wildman–Crippen MR) is 192 cm³/mol. The quantitative estimate of drug-likeness (QED) is 0.172. The number of carbonyl (C=O) groups is 3. The fraction of sp³-hybridized carbons (Fsp3) is 0.429. The molecule has 2 atom stereocenters. The van der Waals surface area contributed by atoms with Crippen molar-refractivity contribution in [3.05, 3.63) is 58.8 Å². The molecule has 4 fully saturated rings. The Kier molecular flexibility index (Phi) is 8.49. The van der Waals surface area contributed by atoms with Crippen LogP contribution in [0.1, 0.15) is 38.1 Å². The Bertz CT molecular complexity index is 2400. The number of halogens is 1. The number of piperidine rings is 2. The number of aryl methyl sites for hydroxylation is 1. The van der Waals surface area contributed by atoms with E-state index in [0.29, 0.717) is 54.1 Å². The first kappa shape index (κ1) is 35.6. The third-order valence-electron chi connectivity index (χ3n) is 10.8. The van der Waals surface area contributed by atoms with Gasteiger partial charge in [-0.05, 0) is 67.5 Å². The Labute approximate surface area is 307 Å². The number of phenolic OH excluding ortho intramolecular Hbond substituents is 1. The van der Waals surface area contributed by atoms with Crippen LogP contribution in [-0.2, 0) is 31.6 Å². The Balaban J connectivity index is 0.874. The standard InChI is InChI=1S/C35H38FN7O10S/c1-39-26-13-20(3-5-24(26)43(34(39)49)25-6-7-28(45)37-33(25)48)40-10-8-35(50,9-11-40)15-30(47)41-16-22(17-41)53-21-4-2-19-12-27(44)32(31(36)23(19)14-21)42-18-29(46)38-54(42,51)52/h2-5,12-14,22,25,28,44-45,50H,6-11,15-18H2,1H3,(H,37,48)(H,38,46). The summed E-state index contributed by atoms with van der Waals surface area (Å²) in [6.07, 6.45) is -0.0822. The van der Waals surface area contributed by atoms with Gasteiger partial charge in [0.1, 0.15) is 42.1 Å². The minimum atomic E-state index is -4.37. The van der Waals surface area contributed by atoms with E-state index in [0.717, 1.165) is 5.69 Å². The molecule has 4 aliphatic rings. The van der Waals surface area contributed by atoms with Gasteiger partial charge >= 0.3 is 15.9 Å². The number of rotatable bonds is 7. The summed E-state index contributed by atoms with van der Waals surface area (Å²) in [6.45, 7) is 0.730. The van der Waals surface area contributed by atoms with E-state index in [1.165, 1.54) is 27.3 Å². The molecule has 0 radical (unpaired) electrons. The van der Waals surface area contributed by atoms with Crippen LogP contribution in [0.2, 0.25) is 0 Å². The van der Waals surface area contributed by atoms with E-state index >= 15 is 4.39 Å². The molecular formula is C35H38FN7O10S. The third kappa shape index (κ3) is 6.14. The minimum absolute atomic E-state index is 0.0342. The summed E-state index contributed by atoms with van der Waals surface area (Å²) in [4.78, 5) is 54.3. The molecule has 4 aliphatic heterocycles. The lowest BCUT2D eigenvalue weighted by Crippen LogP contribution is -2.58. The third-order valence-corrected chi connectivity index (χ3v) is 12.2. The zero-order valence-electron chi connectivity index (χ0n) is 29.1. The normalized spacial score (nSPS) is 22.7. The van der Waals surface area contributed by atoms with E-state index < -0.39 is 69.8 Å². The van der Waals surface area contributed by atoms with Crippen LogP contribution in [0, 0.1) is 5.82 Å². The molecule has 5 N–H and O–H groups in total. The van der Waals surface area contributed by atoms with Gasteiger partial charge in [0.25, 0.3) is 5.91 Å². The van der Waals surface area contributed by atoms with Gasteiger partial charge in [-0.2, -0.15) is 8.42 Å². The van der Waals surface area contributed by atoms with Crippen molar-refractivity contribution in [3.63, 3.8) is 0 Å². The van der Waals surface area contributed by atoms with Gasteiger partial charge in [0, 0.05) is 31.2 Å². The Morgan fingerprint density at radius 2 is 1.78 bits per heavy atom. The first-order valence-electron chi connectivity index (χ1n) is 17.5. The number of hydrogen-bond acceptors (Lipinski definition) is 11. The highest BCUT2D eigenvalue weighted by Crippen LogP contribution is 2.40. The lowest BCUT2D eigenvalue weighted by molar-refractivity contribution is -0.146. The van der Waals surface area contributed by atoms with Crippen molar-refractivity contribution in [1.82, 2.24) is 24.1 Å². The summed E-state index contributed by atoms with van der Waals surface area (Å²) in [5.41, 5.74) is -0.121. The first-order valence-corrected chi connectivity index (χ1v) is 18.9. The number of aliphatic hydroxyl groups excluding tert-OH is 1.